The summed E-state index contributed by atoms with van der Waals surface area (Å²) in [4.78, 5) is 2.10. The Morgan fingerprint density at radius 3 is 2.48 bits per heavy atom. The number of aryl methyl sites for hydroxylation is 1. The quantitative estimate of drug-likeness (QED) is 0.821. The van der Waals surface area contributed by atoms with E-state index in [0.29, 0.717) is 0 Å². The van der Waals surface area contributed by atoms with Gasteiger partial charge in [0.25, 0.3) is 0 Å². The molecule has 0 aliphatic carbocycles. The molecule has 0 saturated heterocycles. The monoisotopic (exact) mass is 350 g/mol. The summed E-state index contributed by atoms with van der Waals surface area (Å²) in [6.07, 6.45) is 0. The van der Waals surface area contributed by atoms with Crippen LogP contribution in [0.2, 0.25) is 0 Å². The van der Waals surface area contributed by atoms with Gasteiger partial charge in [0.05, 0.1) is 0 Å². The van der Waals surface area contributed by atoms with E-state index in [9.17, 15) is 4.39 Å². The number of halogens is 2. The molecule has 112 valence electrons. The van der Waals surface area contributed by atoms with Crippen LogP contribution < -0.4 is 10.2 Å². The van der Waals surface area contributed by atoms with Gasteiger partial charge in [-0.25, -0.2) is 4.39 Å². The van der Waals surface area contributed by atoms with Crippen molar-refractivity contribution in [3.05, 3.63) is 57.8 Å². The van der Waals surface area contributed by atoms with Gasteiger partial charge in [0, 0.05) is 36.0 Å². The molecule has 0 heterocycles. The Balaban J connectivity index is 2.23. The van der Waals surface area contributed by atoms with Crippen LogP contribution in [0.1, 0.15) is 24.1 Å². The lowest BCUT2D eigenvalue weighted by atomic mass is 10.1. The second-order valence-corrected chi connectivity index (χ2v) is 6.28. The largest absolute Gasteiger partial charge is 0.378 e. The average molecular weight is 351 g/mol. The zero-order valence-corrected chi connectivity index (χ0v) is 14.3. The average Bonchev–Trinajstić information content (AvgIpc) is 2.40. The van der Waals surface area contributed by atoms with Crippen molar-refractivity contribution in [3.63, 3.8) is 0 Å². The molecule has 0 amide bonds. The minimum Gasteiger partial charge on any atom is -0.378 e. The summed E-state index contributed by atoms with van der Waals surface area (Å²) in [7, 11) is 4.07. The standard InChI is InChI=1S/C17H20BrFN2/c1-11-5-7-14(10-17(11)21(3)4)20-12(2)15-8-6-13(19)9-16(15)18/h5-10,12,20H,1-4H3. The van der Waals surface area contributed by atoms with Gasteiger partial charge in [0.15, 0.2) is 0 Å². The number of benzene rings is 2. The molecule has 0 bridgehead atoms. The van der Waals surface area contributed by atoms with Crippen molar-refractivity contribution < 1.29 is 4.39 Å². The van der Waals surface area contributed by atoms with Crippen molar-refractivity contribution in [2.24, 2.45) is 0 Å². The predicted octanol–water partition coefficient (Wildman–Crippen LogP) is 5.14. The van der Waals surface area contributed by atoms with Crippen molar-refractivity contribution in [3.8, 4) is 0 Å². The first-order valence-corrected chi connectivity index (χ1v) is 7.67. The fourth-order valence-electron chi connectivity index (χ4n) is 2.36. The van der Waals surface area contributed by atoms with E-state index in [-0.39, 0.29) is 11.9 Å². The molecule has 0 saturated carbocycles. The third-order valence-corrected chi connectivity index (χ3v) is 4.19. The second kappa shape index (κ2) is 6.48. The molecule has 2 nitrogen and oxygen atoms in total. The summed E-state index contributed by atoms with van der Waals surface area (Å²) in [5, 5.41) is 3.46. The Hall–Kier alpha value is -1.55. The Labute approximate surface area is 134 Å². The van der Waals surface area contributed by atoms with E-state index in [1.807, 2.05) is 14.1 Å². The first-order valence-electron chi connectivity index (χ1n) is 6.88. The highest BCUT2D eigenvalue weighted by Crippen LogP contribution is 2.29. The molecular weight excluding hydrogens is 331 g/mol. The summed E-state index contributed by atoms with van der Waals surface area (Å²) in [5.74, 6) is -0.233. The Morgan fingerprint density at radius 1 is 1.14 bits per heavy atom. The van der Waals surface area contributed by atoms with Gasteiger partial charge >= 0.3 is 0 Å². The molecule has 1 unspecified atom stereocenters. The van der Waals surface area contributed by atoms with E-state index in [1.165, 1.54) is 23.4 Å². The van der Waals surface area contributed by atoms with Crippen molar-refractivity contribution in [2.75, 3.05) is 24.3 Å². The van der Waals surface area contributed by atoms with Crippen molar-refractivity contribution in [1.29, 1.82) is 0 Å². The van der Waals surface area contributed by atoms with Gasteiger partial charge in [-0.3, -0.25) is 0 Å². The van der Waals surface area contributed by atoms with Crippen LogP contribution in [-0.2, 0) is 0 Å². The molecule has 0 spiro atoms. The Bertz CT molecular complexity index is 641. The van der Waals surface area contributed by atoms with E-state index in [4.69, 9.17) is 0 Å². The zero-order chi connectivity index (χ0) is 15.6. The van der Waals surface area contributed by atoms with E-state index in [0.717, 1.165) is 15.7 Å². The van der Waals surface area contributed by atoms with Crippen LogP contribution in [0.5, 0.6) is 0 Å². The highest BCUT2D eigenvalue weighted by molar-refractivity contribution is 9.10. The molecule has 0 aromatic heterocycles. The van der Waals surface area contributed by atoms with Gasteiger partial charge in [-0.2, -0.15) is 0 Å². The van der Waals surface area contributed by atoms with Gasteiger partial charge < -0.3 is 10.2 Å². The van der Waals surface area contributed by atoms with Gasteiger partial charge in [-0.15, -0.1) is 0 Å². The predicted molar refractivity (Wildman–Crippen MR) is 91.6 cm³/mol. The zero-order valence-electron chi connectivity index (χ0n) is 12.7. The van der Waals surface area contributed by atoms with Crippen LogP contribution in [0, 0.1) is 12.7 Å². The fourth-order valence-corrected chi connectivity index (χ4v) is 3.06. The first-order chi connectivity index (χ1) is 9.88. The number of anilines is 2. The maximum absolute atomic E-state index is 13.2. The number of hydrogen-bond donors (Lipinski definition) is 1. The summed E-state index contributed by atoms with van der Waals surface area (Å²) >= 11 is 3.42. The van der Waals surface area contributed by atoms with E-state index in [1.54, 1.807) is 6.07 Å². The van der Waals surface area contributed by atoms with Crippen LogP contribution in [0.25, 0.3) is 0 Å². The molecule has 0 aliphatic heterocycles. The summed E-state index contributed by atoms with van der Waals surface area (Å²) in [6, 6.07) is 11.2. The maximum Gasteiger partial charge on any atom is 0.124 e. The van der Waals surface area contributed by atoms with Crippen molar-refractivity contribution in [2.45, 2.75) is 19.9 Å². The number of rotatable bonds is 4. The maximum atomic E-state index is 13.2. The molecule has 1 N–H and O–H groups in total. The summed E-state index contributed by atoms with van der Waals surface area (Å²) in [6.45, 7) is 4.16. The molecule has 4 heteroatoms. The normalized spacial score (nSPS) is 12.1. The molecule has 1 atom stereocenters. The Morgan fingerprint density at radius 2 is 1.86 bits per heavy atom. The lowest BCUT2D eigenvalue weighted by Gasteiger charge is -2.21. The van der Waals surface area contributed by atoms with E-state index >= 15 is 0 Å². The minimum absolute atomic E-state index is 0.0812. The summed E-state index contributed by atoms with van der Waals surface area (Å²) in [5.41, 5.74) is 4.50. The lowest BCUT2D eigenvalue weighted by molar-refractivity contribution is 0.625. The van der Waals surface area contributed by atoms with Crippen LogP contribution in [0.15, 0.2) is 40.9 Å². The van der Waals surface area contributed by atoms with Gasteiger partial charge in [-0.1, -0.05) is 28.1 Å². The lowest BCUT2D eigenvalue weighted by Crippen LogP contribution is -2.12. The smallest absolute Gasteiger partial charge is 0.124 e. The van der Waals surface area contributed by atoms with Crippen LogP contribution in [0.4, 0.5) is 15.8 Å². The van der Waals surface area contributed by atoms with Crippen LogP contribution in [-0.4, -0.2) is 14.1 Å². The molecule has 2 rings (SSSR count). The molecule has 0 fully saturated rings. The molecule has 0 radical (unpaired) electrons. The number of hydrogen-bond acceptors (Lipinski definition) is 2. The van der Waals surface area contributed by atoms with Crippen molar-refractivity contribution >= 4 is 27.3 Å². The summed E-state index contributed by atoms with van der Waals surface area (Å²) < 4.78 is 13.9. The SMILES string of the molecule is Cc1ccc(NC(C)c2ccc(F)cc2Br)cc1N(C)C. The molecule has 2 aromatic carbocycles. The highest BCUT2D eigenvalue weighted by atomic mass is 79.9. The Kier molecular flexibility index (Phi) is 4.88. The number of nitrogens with one attached hydrogen (secondary N) is 1. The molecule has 2 aromatic rings. The third-order valence-electron chi connectivity index (χ3n) is 3.50. The molecule has 21 heavy (non-hydrogen) atoms. The molecular formula is C17H20BrFN2. The van der Waals surface area contributed by atoms with Gasteiger partial charge in [0.2, 0.25) is 0 Å². The van der Waals surface area contributed by atoms with E-state index < -0.39 is 0 Å². The van der Waals surface area contributed by atoms with Crippen molar-refractivity contribution in [1.82, 2.24) is 0 Å². The van der Waals surface area contributed by atoms with E-state index in [2.05, 4.69) is 58.2 Å². The molecule has 0 aliphatic rings. The highest BCUT2D eigenvalue weighted by Gasteiger charge is 2.11. The minimum atomic E-state index is -0.233. The van der Waals surface area contributed by atoms with Crippen LogP contribution >= 0.6 is 15.9 Å². The third kappa shape index (κ3) is 3.76. The topological polar surface area (TPSA) is 15.3 Å². The van der Waals surface area contributed by atoms with Gasteiger partial charge in [0.1, 0.15) is 5.82 Å². The fraction of sp³-hybridized carbons (Fsp3) is 0.294. The van der Waals surface area contributed by atoms with Crippen LogP contribution in [0.3, 0.4) is 0 Å². The first kappa shape index (κ1) is 15.8. The number of nitrogens with zero attached hydrogens (tertiary/aromatic N) is 1. The van der Waals surface area contributed by atoms with Gasteiger partial charge in [-0.05, 0) is 49.2 Å². The second-order valence-electron chi connectivity index (χ2n) is 5.43.